The minimum atomic E-state index is -0.293. The third kappa shape index (κ3) is 4.08. The van der Waals surface area contributed by atoms with Crippen LogP contribution in [0.1, 0.15) is 15.9 Å². The fraction of sp³-hybridized carbons (Fsp3) is 0.125. The molecule has 0 unspecified atom stereocenters. The van der Waals surface area contributed by atoms with E-state index in [9.17, 15) is 4.79 Å². The summed E-state index contributed by atoms with van der Waals surface area (Å²) in [7, 11) is 3.15. The average molecular weight is 363 g/mol. The van der Waals surface area contributed by atoms with Crippen LogP contribution in [-0.4, -0.2) is 26.3 Å². The second-order valence-corrected chi connectivity index (χ2v) is 5.18. The number of halogens is 1. The molecule has 0 saturated heterocycles. The molecule has 0 aliphatic carbocycles. The average Bonchev–Trinajstić information content (AvgIpc) is 2.54. The zero-order valence-electron chi connectivity index (χ0n) is 12.2. The van der Waals surface area contributed by atoms with Crippen molar-refractivity contribution in [3.8, 4) is 11.5 Å². The number of benzene rings is 2. The van der Waals surface area contributed by atoms with Crippen LogP contribution in [-0.2, 0) is 0 Å². The Hall–Kier alpha value is -2.34. The molecule has 5 nitrogen and oxygen atoms in total. The van der Waals surface area contributed by atoms with Crippen LogP contribution in [0, 0.1) is 0 Å². The third-order valence-electron chi connectivity index (χ3n) is 2.87. The van der Waals surface area contributed by atoms with E-state index in [0.717, 1.165) is 5.56 Å². The van der Waals surface area contributed by atoms with Crippen molar-refractivity contribution >= 4 is 28.1 Å². The minimum absolute atomic E-state index is 0.293. The molecule has 0 heterocycles. The van der Waals surface area contributed by atoms with Gasteiger partial charge in [0.2, 0.25) is 0 Å². The molecule has 0 aliphatic rings. The molecule has 2 rings (SSSR count). The third-order valence-corrected chi connectivity index (χ3v) is 3.56. The summed E-state index contributed by atoms with van der Waals surface area (Å²) in [5, 5.41) is 3.95. The normalized spacial score (nSPS) is 10.5. The van der Waals surface area contributed by atoms with Crippen molar-refractivity contribution < 1.29 is 14.3 Å². The van der Waals surface area contributed by atoms with E-state index < -0.39 is 0 Å². The fourth-order valence-electron chi connectivity index (χ4n) is 1.77. The van der Waals surface area contributed by atoms with Crippen LogP contribution in [0.25, 0.3) is 0 Å². The molecule has 2 aromatic carbocycles. The largest absolute Gasteiger partial charge is 0.497 e. The van der Waals surface area contributed by atoms with Crippen LogP contribution < -0.4 is 14.9 Å². The number of methoxy groups -OCH3 is 2. The number of carbonyl (C=O) groups excluding carboxylic acids is 1. The molecule has 0 atom stereocenters. The fourth-order valence-corrected chi connectivity index (χ4v) is 2.24. The summed E-state index contributed by atoms with van der Waals surface area (Å²) in [4.78, 5) is 12.0. The maximum Gasteiger partial charge on any atom is 0.272 e. The number of rotatable bonds is 5. The number of carbonyl (C=O) groups is 1. The van der Waals surface area contributed by atoms with Crippen molar-refractivity contribution in [1.82, 2.24) is 5.43 Å². The van der Waals surface area contributed by atoms with E-state index in [1.54, 1.807) is 50.6 Å². The quantitative estimate of drug-likeness (QED) is 0.656. The van der Waals surface area contributed by atoms with Gasteiger partial charge in [0.25, 0.3) is 5.91 Å². The molecule has 0 spiro atoms. The number of nitrogens with zero attached hydrogens (tertiary/aromatic N) is 1. The summed E-state index contributed by atoms with van der Waals surface area (Å²) in [6.07, 6.45) is 1.53. The summed E-state index contributed by atoms with van der Waals surface area (Å²) in [5.74, 6) is 1.01. The molecule has 0 saturated carbocycles. The monoisotopic (exact) mass is 362 g/mol. The van der Waals surface area contributed by atoms with Gasteiger partial charge in [-0.05, 0) is 40.2 Å². The highest BCUT2D eigenvalue weighted by atomic mass is 79.9. The van der Waals surface area contributed by atoms with Gasteiger partial charge < -0.3 is 9.47 Å². The van der Waals surface area contributed by atoms with E-state index >= 15 is 0 Å². The van der Waals surface area contributed by atoms with Crippen LogP contribution in [0.4, 0.5) is 0 Å². The molecular weight excluding hydrogens is 348 g/mol. The van der Waals surface area contributed by atoms with Crippen molar-refractivity contribution in [2.45, 2.75) is 0 Å². The van der Waals surface area contributed by atoms with Crippen LogP contribution in [0.5, 0.6) is 11.5 Å². The number of nitrogens with one attached hydrogen (secondary N) is 1. The predicted molar refractivity (Wildman–Crippen MR) is 88.7 cm³/mol. The summed E-state index contributed by atoms with van der Waals surface area (Å²) in [5.41, 5.74) is 3.75. The first-order valence-corrected chi connectivity index (χ1v) is 7.24. The first kappa shape index (κ1) is 16.0. The first-order chi connectivity index (χ1) is 10.6. The Morgan fingerprint density at radius 3 is 2.36 bits per heavy atom. The lowest BCUT2D eigenvalue weighted by atomic mass is 10.2. The van der Waals surface area contributed by atoms with Crippen molar-refractivity contribution in [2.24, 2.45) is 5.10 Å². The molecular formula is C16H15BrN2O3. The van der Waals surface area contributed by atoms with E-state index in [-0.39, 0.29) is 5.91 Å². The SMILES string of the molecule is COc1cc(/C=N/NC(=O)c2ccccc2Br)cc(OC)c1. The van der Waals surface area contributed by atoms with Gasteiger partial charge in [-0.25, -0.2) is 5.43 Å². The molecule has 22 heavy (non-hydrogen) atoms. The van der Waals surface area contributed by atoms with Gasteiger partial charge in [-0.1, -0.05) is 12.1 Å². The number of hydrogen-bond donors (Lipinski definition) is 1. The Morgan fingerprint density at radius 2 is 1.77 bits per heavy atom. The summed E-state index contributed by atoms with van der Waals surface area (Å²) >= 11 is 3.33. The van der Waals surface area contributed by atoms with Crippen LogP contribution >= 0.6 is 15.9 Å². The summed E-state index contributed by atoms with van der Waals surface area (Å²) in [6, 6.07) is 12.5. The predicted octanol–water partition coefficient (Wildman–Crippen LogP) is 3.23. The van der Waals surface area contributed by atoms with Gasteiger partial charge in [-0.2, -0.15) is 5.10 Å². The maximum atomic E-state index is 12.0. The molecule has 0 aromatic heterocycles. The number of amides is 1. The Labute approximate surface area is 137 Å². The number of hydrazone groups is 1. The van der Waals surface area contributed by atoms with Crippen LogP contribution in [0.3, 0.4) is 0 Å². The second kappa shape index (κ2) is 7.61. The second-order valence-electron chi connectivity index (χ2n) is 4.32. The Balaban J connectivity index is 2.09. The molecule has 114 valence electrons. The van der Waals surface area contributed by atoms with E-state index in [4.69, 9.17) is 9.47 Å². The molecule has 2 aromatic rings. The van der Waals surface area contributed by atoms with E-state index in [1.165, 1.54) is 6.21 Å². The van der Waals surface area contributed by atoms with Crippen molar-refractivity contribution in [2.75, 3.05) is 14.2 Å². The van der Waals surface area contributed by atoms with E-state index in [0.29, 0.717) is 21.5 Å². The highest BCUT2D eigenvalue weighted by Gasteiger charge is 2.07. The summed E-state index contributed by atoms with van der Waals surface area (Å²) < 4.78 is 11.1. The van der Waals surface area contributed by atoms with Crippen LogP contribution in [0.2, 0.25) is 0 Å². The number of hydrogen-bond acceptors (Lipinski definition) is 4. The lowest BCUT2D eigenvalue weighted by molar-refractivity contribution is 0.0954. The Bertz CT molecular complexity index is 679. The molecule has 6 heteroatoms. The Kier molecular flexibility index (Phi) is 5.55. The van der Waals surface area contributed by atoms with Gasteiger partial charge in [0, 0.05) is 16.1 Å². The highest BCUT2D eigenvalue weighted by molar-refractivity contribution is 9.10. The lowest BCUT2D eigenvalue weighted by Crippen LogP contribution is -2.18. The van der Waals surface area contributed by atoms with Crippen molar-refractivity contribution in [1.29, 1.82) is 0 Å². The van der Waals surface area contributed by atoms with Gasteiger partial charge >= 0.3 is 0 Å². The smallest absolute Gasteiger partial charge is 0.272 e. The lowest BCUT2D eigenvalue weighted by Gasteiger charge is -2.05. The van der Waals surface area contributed by atoms with Gasteiger partial charge in [-0.15, -0.1) is 0 Å². The van der Waals surface area contributed by atoms with Gasteiger partial charge in [0.05, 0.1) is 26.0 Å². The van der Waals surface area contributed by atoms with Gasteiger partial charge in [0.1, 0.15) is 11.5 Å². The van der Waals surface area contributed by atoms with E-state index in [2.05, 4.69) is 26.5 Å². The van der Waals surface area contributed by atoms with Crippen molar-refractivity contribution in [3.05, 3.63) is 58.1 Å². The van der Waals surface area contributed by atoms with E-state index in [1.807, 2.05) is 6.07 Å². The minimum Gasteiger partial charge on any atom is -0.497 e. The Morgan fingerprint density at radius 1 is 1.14 bits per heavy atom. The first-order valence-electron chi connectivity index (χ1n) is 6.45. The topological polar surface area (TPSA) is 59.9 Å². The zero-order valence-corrected chi connectivity index (χ0v) is 13.8. The molecule has 0 aliphatic heterocycles. The molecule has 0 bridgehead atoms. The zero-order chi connectivity index (χ0) is 15.9. The van der Waals surface area contributed by atoms with Gasteiger partial charge in [0.15, 0.2) is 0 Å². The number of ether oxygens (including phenoxy) is 2. The standard InChI is InChI=1S/C16H15BrN2O3/c1-21-12-7-11(8-13(9-12)22-2)10-18-19-16(20)14-5-3-4-6-15(14)17/h3-10H,1-2H3,(H,19,20)/b18-10+. The molecule has 0 fully saturated rings. The summed E-state index contributed by atoms with van der Waals surface area (Å²) in [6.45, 7) is 0. The van der Waals surface area contributed by atoms with Crippen molar-refractivity contribution in [3.63, 3.8) is 0 Å². The molecule has 1 N–H and O–H groups in total. The van der Waals surface area contributed by atoms with Crippen LogP contribution in [0.15, 0.2) is 52.0 Å². The maximum absolute atomic E-state index is 12.0. The molecule has 1 amide bonds. The molecule has 0 radical (unpaired) electrons. The highest BCUT2D eigenvalue weighted by Crippen LogP contribution is 2.21. The van der Waals surface area contributed by atoms with Gasteiger partial charge in [-0.3, -0.25) is 4.79 Å².